The Kier molecular flexibility index (Phi) is 1.89. The van der Waals surface area contributed by atoms with Crippen LogP contribution < -0.4 is 0 Å². The summed E-state index contributed by atoms with van der Waals surface area (Å²) in [6, 6.07) is 0.876. The average molecular weight is 151 g/mol. The molecule has 0 amide bonds. The maximum Gasteiger partial charge on any atom is 0.0284 e. The van der Waals surface area contributed by atoms with Crippen molar-refractivity contribution in [3.8, 4) is 0 Å². The summed E-state index contributed by atoms with van der Waals surface area (Å²) in [5, 5.41) is 0. The molecule has 0 aromatic heterocycles. The van der Waals surface area contributed by atoms with Gasteiger partial charge in [0.25, 0.3) is 0 Å². The van der Waals surface area contributed by atoms with Gasteiger partial charge in [0.2, 0.25) is 0 Å². The van der Waals surface area contributed by atoms with Gasteiger partial charge in [-0.3, -0.25) is 0 Å². The van der Waals surface area contributed by atoms with Crippen molar-refractivity contribution < 1.29 is 0 Å². The summed E-state index contributed by atoms with van der Waals surface area (Å²) in [5.41, 5.74) is 1.63. The largest absolute Gasteiger partial charge is 0.372 e. The zero-order chi connectivity index (χ0) is 7.68. The van der Waals surface area contributed by atoms with Crippen molar-refractivity contribution in [1.29, 1.82) is 0 Å². The van der Waals surface area contributed by atoms with E-state index in [4.69, 9.17) is 0 Å². The highest BCUT2D eigenvalue weighted by molar-refractivity contribution is 5.13. The standard InChI is InChI=1S/C10H17N/c1-2-9-7-4-8-11(9)10-5-3-6-10/h5,9H,2-4,6-8H2,1H3. The van der Waals surface area contributed by atoms with Crippen LogP contribution in [0, 0.1) is 0 Å². The van der Waals surface area contributed by atoms with Gasteiger partial charge in [-0.1, -0.05) is 13.0 Å². The number of rotatable bonds is 2. The molecule has 0 N–H and O–H groups in total. The summed E-state index contributed by atoms with van der Waals surface area (Å²) < 4.78 is 0. The highest BCUT2D eigenvalue weighted by Gasteiger charge is 2.25. The minimum absolute atomic E-state index is 0.876. The van der Waals surface area contributed by atoms with Gasteiger partial charge in [-0.15, -0.1) is 0 Å². The van der Waals surface area contributed by atoms with Crippen LogP contribution >= 0.6 is 0 Å². The van der Waals surface area contributed by atoms with Crippen molar-refractivity contribution >= 4 is 0 Å². The maximum atomic E-state index is 2.63. The van der Waals surface area contributed by atoms with Crippen molar-refractivity contribution in [2.24, 2.45) is 0 Å². The minimum atomic E-state index is 0.876. The van der Waals surface area contributed by atoms with Gasteiger partial charge in [-0.2, -0.15) is 0 Å². The lowest BCUT2D eigenvalue weighted by Crippen LogP contribution is -2.30. The molecule has 2 rings (SSSR count). The third kappa shape index (κ3) is 1.17. The van der Waals surface area contributed by atoms with E-state index in [0.29, 0.717) is 0 Å². The molecular weight excluding hydrogens is 134 g/mol. The molecule has 1 fully saturated rings. The molecule has 1 nitrogen and oxygen atoms in total. The normalized spacial score (nSPS) is 30.1. The fourth-order valence-electron chi connectivity index (χ4n) is 2.17. The highest BCUT2D eigenvalue weighted by Crippen LogP contribution is 2.31. The molecule has 1 aliphatic heterocycles. The van der Waals surface area contributed by atoms with Crippen LogP contribution in [-0.2, 0) is 0 Å². The molecule has 1 saturated heterocycles. The maximum absolute atomic E-state index is 2.63. The van der Waals surface area contributed by atoms with Gasteiger partial charge in [0.1, 0.15) is 0 Å². The van der Waals surface area contributed by atoms with Gasteiger partial charge in [0.05, 0.1) is 0 Å². The van der Waals surface area contributed by atoms with E-state index in [-0.39, 0.29) is 0 Å². The molecule has 0 radical (unpaired) electrons. The first kappa shape index (κ1) is 7.20. The summed E-state index contributed by atoms with van der Waals surface area (Å²) >= 11 is 0. The summed E-state index contributed by atoms with van der Waals surface area (Å²) in [7, 11) is 0. The lowest BCUT2D eigenvalue weighted by molar-refractivity contribution is 0.291. The van der Waals surface area contributed by atoms with Crippen molar-refractivity contribution in [3.63, 3.8) is 0 Å². The Labute approximate surface area is 69.1 Å². The Morgan fingerprint density at radius 1 is 1.64 bits per heavy atom. The lowest BCUT2D eigenvalue weighted by atomic mass is 10.0. The molecule has 1 heteroatoms. The second kappa shape index (κ2) is 2.88. The molecule has 1 unspecified atom stereocenters. The summed E-state index contributed by atoms with van der Waals surface area (Å²) in [6.45, 7) is 3.63. The molecule has 11 heavy (non-hydrogen) atoms. The number of hydrogen-bond acceptors (Lipinski definition) is 1. The summed E-state index contributed by atoms with van der Waals surface area (Å²) in [5.74, 6) is 0. The Balaban J connectivity index is 2.00. The van der Waals surface area contributed by atoms with Crippen LogP contribution in [0.4, 0.5) is 0 Å². The quantitative estimate of drug-likeness (QED) is 0.586. The number of allylic oxidation sites excluding steroid dienone is 2. The van der Waals surface area contributed by atoms with Crippen LogP contribution in [0.1, 0.15) is 39.0 Å². The number of nitrogens with zero attached hydrogens (tertiary/aromatic N) is 1. The number of hydrogen-bond donors (Lipinski definition) is 0. The first-order valence-electron chi connectivity index (χ1n) is 4.87. The third-order valence-electron chi connectivity index (χ3n) is 3.00. The fraction of sp³-hybridized carbons (Fsp3) is 0.800. The van der Waals surface area contributed by atoms with Crippen LogP contribution in [0.5, 0.6) is 0 Å². The molecule has 0 spiro atoms. The van der Waals surface area contributed by atoms with Gasteiger partial charge in [-0.05, 0) is 32.1 Å². The lowest BCUT2D eigenvalue weighted by Gasteiger charge is -2.32. The van der Waals surface area contributed by atoms with E-state index in [1.54, 1.807) is 5.70 Å². The minimum Gasteiger partial charge on any atom is -0.372 e. The zero-order valence-electron chi connectivity index (χ0n) is 7.34. The molecular formula is C10H17N. The molecule has 1 heterocycles. The Bertz CT molecular complexity index is 172. The van der Waals surface area contributed by atoms with E-state index in [1.807, 2.05) is 0 Å². The number of likely N-dealkylation sites (tertiary alicyclic amines) is 1. The van der Waals surface area contributed by atoms with E-state index >= 15 is 0 Å². The predicted octanol–water partition coefficient (Wildman–Crippen LogP) is 2.54. The van der Waals surface area contributed by atoms with Crippen LogP contribution in [0.25, 0.3) is 0 Å². The smallest absolute Gasteiger partial charge is 0.0284 e. The second-order valence-corrected chi connectivity index (χ2v) is 3.63. The Hall–Kier alpha value is -0.460. The van der Waals surface area contributed by atoms with Gasteiger partial charge >= 0.3 is 0 Å². The van der Waals surface area contributed by atoms with Crippen molar-refractivity contribution in [2.75, 3.05) is 6.54 Å². The average Bonchev–Trinajstić information content (AvgIpc) is 2.32. The van der Waals surface area contributed by atoms with Crippen molar-refractivity contribution in [2.45, 2.75) is 45.1 Å². The predicted molar refractivity (Wildman–Crippen MR) is 47.3 cm³/mol. The first-order valence-corrected chi connectivity index (χ1v) is 4.87. The first-order chi connectivity index (χ1) is 5.42. The monoisotopic (exact) mass is 151 g/mol. The van der Waals surface area contributed by atoms with E-state index in [2.05, 4.69) is 17.9 Å². The van der Waals surface area contributed by atoms with Gasteiger partial charge in [0.15, 0.2) is 0 Å². The van der Waals surface area contributed by atoms with E-state index < -0.39 is 0 Å². The fourth-order valence-corrected chi connectivity index (χ4v) is 2.17. The summed E-state index contributed by atoms with van der Waals surface area (Å²) in [4.78, 5) is 2.63. The Morgan fingerprint density at radius 3 is 3.00 bits per heavy atom. The van der Waals surface area contributed by atoms with Crippen LogP contribution in [0.2, 0.25) is 0 Å². The SMILES string of the molecule is CCC1CCCN1C1=CCC1. The molecule has 0 bridgehead atoms. The molecule has 1 aliphatic carbocycles. The van der Waals surface area contributed by atoms with Crippen molar-refractivity contribution in [1.82, 2.24) is 4.90 Å². The van der Waals surface area contributed by atoms with Crippen molar-refractivity contribution in [3.05, 3.63) is 11.8 Å². The molecule has 62 valence electrons. The molecule has 2 aliphatic rings. The summed E-state index contributed by atoms with van der Waals surface area (Å²) in [6.07, 6.45) is 9.23. The van der Waals surface area contributed by atoms with Crippen LogP contribution in [-0.4, -0.2) is 17.5 Å². The van der Waals surface area contributed by atoms with Gasteiger partial charge in [-0.25, -0.2) is 0 Å². The molecule has 0 saturated carbocycles. The van der Waals surface area contributed by atoms with Gasteiger partial charge < -0.3 is 4.90 Å². The van der Waals surface area contributed by atoms with E-state index in [1.165, 1.54) is 38.6 Å². The Morgan fingerprint density at radius 2 is 2.45 bits per heavy atom. The second-order valence-electron chi connectivity index (χ2n) is 3.63. The zero-order valence-corrected chi connectivity index (χ0v) is 7.34. The van der Waals surface area contributed by atoms with Gasteiger partial charge in [0, 0.05) is 18.3 Å². The van der Waals surface area contributed by atoms with Crippen LogP contribution in [0.3, 0.4) is 0 Å². The van der Waals surface area contributed by atoms with E-state index in [9.17, 15) is 0 Å². The van der Waals surface area contributed by atoms with E-state index in [0.717, 1.165) is 6.04 Å². The molecule has 1 atom stereocenters. The topological polar surface area (TPSA) is 3.24 Å². The molecule has 0 aromatic carbocycles. The molecule has 0 aromatic rings. The third-order valence-corrected chi connectivity index (χ3v) is 3.00. The van der Waals surface area contributed by atoms with Crippen LogP contribution in [0.15, 0.2) is 11.8 Å². The highest BCUT2D eigenvalue weighted by atomic mass is 15.2.